The maximum absolute atomic E-state index is 11.0. The fourth-order valence-electron chi connectivity index (χ4n) is 1.08. The number of ether oxygens (including phenoxy) is 1. The van der Waals surface area contributed by atoms with Gasteiger partial charge in [-0.25, -0.2) is 13.2 Å². The third-order valence-corrected chi connectivity index (χ3v) is 3.22. The molecule has 0 aliphatic carbocycles. The number of carbonyl (C=O) groups is 1. The van der Waals surface area contributed by atoms with Crippen molar-refractivity contribution in [2.75, 3.05) is 12.4 Å². The standard InChI is InChI=1S/C8H7ClN2O6S/c1-17-8(12)10-6-3-2-5(18(9,15)16)4-7(6)11(13)14/h2-4H,1H3,(H,10,12). The third-order valence-electron chi connectivity index (χ3n) is 1.87. The van der Waals surface area contributed by atoms with Gasteiger partial charge in [-0.3, -0.25) is 15.4 Å². The van der Waals surface area contributed by atoms with E-state index in [0.29, 0.717) is 0 Å². The highest BCUT2D eigenvalue weighted by Gasteiger charge is 2.21. The fraction of sp³-hybridized carbons (Fsp3) is 0.125. The summed E-state index contributed by atoms with van der Waals surface area (Å²) in [5, 5.41) is 12.8. The zero-order valence-corrected chi connectivity index (χ0v) is 10.5. The molecule has 0 unspecified atom stereocenters. The van der Waals surface area contributed by atoms with Crippen molar-refractivity contribution in [3.05, 3.63) is 28.3 Å². The maximum atomic E-state index is 11.0. The van der Waals surface area contributed by atoms with Gasteiger partial charge in [-0.05, 0) is 12.1 Å². The Morgan fingerprint density at radius 3 is 2.56 bits per heavy atom. The molecule has 1 aromatic rings. The minimum Gasteiger partial charge on any atom is -0.453 e. The first-order chi connectivity index (χ1) is 8.25. The van der Waals surface area contributed by atoms with E-state index in [-0.39, 0.29) is 5.69 Å². The van der Waals surface area contributed by atoms with Crippen LogP contribution in [0.25, 0.3) is 0 Å². The van der Waals surface area contributed by atoms with E-state index in [4.69, 9.17) is 10.7 Å². The van der Waals surface area contributed by atoms with Gasteiger partial charge in [0.2, 0.25) is 0 Å². The molecule has 1 aromatic carbocycles. The van der Waals surface area contributed by atoms with E-state index in [0.717, 1.165) is 25.3 Å². The highest BCUT2D eigenvalue weighted by molar-refractivity contribution is 8.13. The fourth-order valence-corrected chi connectivity index (χ4v) is 1.85. The lowest BCUT2D eigenvalue weighted by molar-refractivity contribution is -0.384. The summed E-state index contributed by atoms with van der Waals surface area (Å²) < 4.78 is 26.3. The number of hydrogen-bond donors (Lipinski definition) is 1. The van der Waals surface area contributed by atoms with Crippen molar-refractivity contribution in [2.45, 2.75) is 4.90 Å². The molecule has 1 amide bonds. The van der Waals surface area contributed by atoms with E-state index in [1.165, 1.54) is 0 Å². The molecule has 0 saturated carbocycles. The summed E-state index contributed by atoms with van der Waals surface area (Å²) in [6.45, 7) is 0. The number of rotatable bonds is 3. The lowest BCUT2D eigenvalue weighted by atomic mass is 10.2. The van der Waals surface area contributed by atoms with Crippen LogP contribution in [-0.2, 0) is 13.8 Å². The average Bonchev–Trinajstić information content (AvgIpc) is 2.27. The molecule has 0 aliphatic rings. The zero-order chi connectivity index (χ0) is 13.9. The minimum atomic E-state index is -4.09. The predicted octanol–water partition coefficient (Wildman–Crippen LogP) is 1.70. The Bertz CT molecular complexity index is 600. The Morgan fingerprint density at radius 1 is 1.50 bits per heavy atom. The monoisotopic (exact) mass is 294 g/mol. The molecular weight excluding hydrogens is 288 g/mol. The first-order valence-corrected chi connectivity index (χ1v) is 6.64. The van der Waals surface area contributed by atoms with Crippen molar-refractivity contribution in [3.63, 3.8) is 0 Å². The molecular formula is C8H7ClN2O6S. The molecule has 0 atom stereocenters. The van der Waals surface area contributed by atoms with Gasteiger partial charge in [0.1, 0.15) is 5.69 Å². The van der Waals surface area contributed by atoms with Gasteiger partial charge in [0.15, 0.2) is 0 Å². The first kappa shape index (κ1) is 14.2. The normalized spacial score (nSPS) is 10.8. The number of anilines is 1. The van der Waals surface area contributed by atoms with Gasteiger partial charge in [0.25, 0.3) is 14.7 Å². The number of benzene rings is 1. The van der Waals surface area contributed by atoms with Gasteiger partial charge >= 0.3 is 6.09 Å². The zero-order valence-electron chi connectivity index (χ0n) is 8.91. The molecule has 98 valence electrons. The average molecular weight is 295 g/mol. The van der Waals surface area contributed by atoms with E-state index in [1.54, 1.807) is 0 Å². The molecule has 0 heterocycles. The van der Waals surface area contributed by atoms with Gasteiger partial charge in [-0.2, -0.15) is 0 Å². The quantitative estimate of drug-likeness (QED) is 0.515. The molecule has 0 aliphatic heterocycles. The van der Waals surface area contributed by atoms with Crippen molar-refractivity contribution < 1.29 is 22.9 Å². The molecule has 18 heavy (non-hydrogen) atoms. The van der Waals surface area contributed by atoms with Crippen molar-refractivity contribution >= 4 is 37.2 Å². The largest absolute Gasteiger partial charge is 0.453 e. The molecule has 10 heteroatoms. The van der Waals surface area contributed by atoms with Crippen LogP contribution < -0.4 is 5.32 Å². The van der Waals surface area contributed by atoms with Crippen LogP contribution in [0.2, 0.25) is 0 Å². The van der Waals surface area contributed by atoms with Crippen LogP contribution in [0, 0.1) is 10.1 Å². The number of carbonyl (C=O) groups excluding carboxylic acids is 1. The van der Waals surface area contributed by atoms with Gasteiger partial charge < -0.3 is 4.74 Å². The molecule has 0 bridgehead atoms. The number of nitro benzene ring substituents is 1. The Kier molecular flexibility index (Phi) is 4.09. The molecule has 0 saturated heterocycles. The summed E-state index contributed by atoms with van der Waals surface area (Å²) in [6, 6.07) is 2.82. The van der Waals surface area contributed by atoms with Crippen molar-refractivity contribution in [1.29, 1.82) is 0 Å². The van der Waals surface area contributed by atoms with Gasteiger partial charge in [-0.1, -0.05) is 0 Å². The maximum Gasteiger partial charge on any atom is 0.411 e. The van der Waals surface area contributed by atoms with E-state index in [9.17, 15) is 23.3 Å². The summed E-state index contributed by atoms with van der Waals surface area (Å²) in [5.74, 6) is 0. The number of nitrogens with zero attached hydrogens (tertiary/aromatic N) is 1. The van der Waals surface area contributed by atoms with Crippen LogP contribution >= 0.6 is 10.7 Å². The summed E-state index contributed by atoms with van der Waals surface area (Å²) in [7, 11) is 2.05. The van der Waals surface area contributed by atoms with Crippen LogP contribution in [0.1, 0.15) is 0 Å². The van der Waals surface area contributed by atoms with Crippen molar-refractivity contribution in [3.8, 4) is 0 Å². The number of hydrogen-bond acceptors (Lipinski definition) is 6. The summed E-state index contributed by atoms with van der Waals surface area (Å²) in [4.78, 5) is 20.4. The van der Waals surface area contributed by atoms with Gasteiger partial charge in [0, 0.05) is 16.7 Å². The number of methoxy groups -OCH3 is 1. The Balaban J connectivity index is 3.30. The summed E-state index contributed by atoms with van der Waals surface area (Å²) in [6.07, 6.45) is -0.917. The van der Waals surface area contributed by atoms with Crippen LogP contribution in [0.5, 0.6) is 0 Å². The molecule has 0 spiro atoms. The van der Waals surface area contributed by atoms with E-state index in [1.807, 2.05) is 0 Å². The Morgan fingerprint density at radius 2 is 2.11 bits per heavy atom. The van der Waals surface area contributed by atoms with Crippen LogP contribution in [0.15, 0.2) is 23.1 Å². The highest BCUT2D eigenvalue weighted by Crippen LogP contribution is 2.28. The lowest BCUT2D eigenvalue weighted by Gasteiger charge is -2.05. The van der Waals surface area contributed by atoms with Gasteiger partial charge in [0.05, 0.1) is 16.9 Å². The Hall–Kier alpha value is -1.87. The molecule has 0 fully saturated rings. The number of halogens is 1. The predicted molar refractivity (Wildman–Crippen MR) is 62.2 cm³/mol. The number of amides is 1. The van der Waals surface area contributed by atoms with Crippen molar-refractivity contribution in [1.82, 2.24) is 0 Å². The number of nitrogens with one attached hydrogen (secondary N) is 1. The summed E-state index contributed by atoms with van der Waals surface area (Å²) in [5.41, 5.74) is -0.807. The third kappa shape index (κ3) is 3.31. The van der Waals surface area contributed by atoms with Crippen LogP contribution in [0.4, 0.5) is 16.2 Å². The van der Waals surface area contributed by atoms with E-state index >= 15 is 0 Å². The molecule has 1 N–H and O–H groups in total. The van der Waals surface area contributed by atoms with E-state index in [2.05, 4.69) is 10.1 Å². The topological polar surface area (TPSA) is 116 Å². The molecule has 8 nitrogen and oxygen atoms in total. The SMILES string of the molecule is COC(=O)Nc1ccc(S(=O)(=O)Cl)cc1[N+](=O)[O-]. The highest BCUT2D eigenvalue weighted by atomic mass is 35.7. The second-order valence-electron chi connectivity index (χ2n) is 2.99. The molecule has 0 radical (unpaired) electrons. The van der Waals surface area contributed by atoms with E-state index < -0.39 is 30.7 Å². The second-order valence-corrected chi connectivity index (χ2v) is 5.56. The van der Waals surface area contributed by atoms with Crippen LogP contribution in [0.3, 0.4) is 0 Å². The first-order valence-electron chi connectivity index (χ1n) is 4.34. The summed E-state index contributed by atoms with van der Waals surface area (Å²) >= 11 is 0. The van der Waals surface area contributed by atoms with Crippen LogP contribution in [-0.4, -0.2) is 26.5 Å². The molecule has 0 aromatic heterocycles. The second kappa shape index (κ2) is 5.19. The number of nitro groups is 1. The minimum absolute atomic E-state index is 0.198. The molecule has 1 rings (SSSR count). The van der Waals surface area contributed by atoms with Gasteiger partial charge in [-0.15, -0.1) is 0 Å². The smallest absolute Gasteiger partial charge is 0.411 e. The Labute approximate surface area is 106 Å². The lowest BCUT2D eigenvalue weighted by Crippen LogP contribution is -2.12. The van der Waals surface area contributed by atoms with Crippen molar-refractivity contribution in [2.24, 2.45) is 0 Å².